The van der Waals surface area contributed by atoms with Crippen molar-refractivity contribution in [3.63, 3.8) is 0 Å². The van der Waals surface area contributed by atoms with Crippen molar-refractivity contribution in [2.45, 2.75) is 27.7 Å². The van der Waals surface area contributed by atoms with Crippen molar-refractivity contribution in [1.82, 2.24) is 0 Å². The van der Waals surface area contributed by atoms with E-state index in [9.17, 15) is 14.4 Å². The first-order chi connectivity index (χ1) is 16.2. The first kappa shape index (κ1) is 23.3. The van der Waals surface area contributed by atoms with Gasteiger partial charge in [-0.1, -0.05) is 29.8 Å². The molecule has 1 aliphatic heterocycles. The van der Waals surface area contributed by atoms with Crippen LogP contribution in [0, 0.1) is 27.7 Å². The quantitative estimate of drug-likeness (QED) is 0.297. The molecule has 172 valence electrons. The predicted molar refractivity (Wildman–Crippen MR) is 132 cm³/mol. The maximum atomic E-state index is 12.9. The molecule has 34 heavy (non-hydrogen) atoms. The molecule has 0 aromatic heterocycles. The van der Waals surface area contributed by atoms with E-state index in [4.69, 9.17) is 16.3 Å². The summed E-state index contributed by atoms with van der Waals surface area (Å²) in [6, 6.07) is 17.3. The Balaban J connectivity index is 1.50. The molecule has 1 N–H and O–H groups in total. The SMILES string of the molecule is Cc1cccc(N2C(=O)C(Cl)=C(Nc3ccc(C(=O)Oc4cc(C)cc(C)c4C)cc3)C2=O)c1. The zero-order valence-electron chi connectivity index (χ0n) is 19.2. The number of carbonyl (C=O) groups excluding carboxylic acids is 3. The Morgan fingerprint density at radius 1 is 0.882 bits per heavy atom. The molecule has 0 atom stereocenters. The maximum Gasteiger partial charge on any atom is 0.343 e. The lowest BCUT2D eigenvalue weighted by molar-refractivity contribution is -0.120. The summed E-state index contributed by atoms with van der Waals surface area (Å²) in [7, 11) is 0. The highest BCUT2D eigenvalue weighted by Gasteiger charge is 2.39. The van der Waals surface area contributed by atoms with Crippen LogP contribution in [0.25, 0.3) is 0 Å². The third kappa shape index (κ3) is 4.45. The third-order valence-electron chi connectivity index (χ3n) is 5.64. The number of hydrogen-bond donors (Lipinski definition) is 1. The van der Waals surface area contributed by atoms with Crippen molar-refractivity contribution >= 4 is 40.8 Å². The third-order valence-corrected chi connectivity index (χ3v) is 5.99. The second kappa shape index (κ2) is 9.15. The fourth-order valence-electron chi connectivity index (χ4n) is 3.71. The molecule has 0 spiro atoms. The smallest absolute Gasteiger partial charge is 0.343 e. The molecule has 0 radical (unpaired) electrons. The second-order valence-electron chi connectivity index (χ2n) is 8.27. The topological polar surface area (TPSA) is 75.7 Å². The first-order valence-electron chi connectivity index (χ1n) is 10.7. The van der Waals surface area contributed by atoms with Gasteiger partial charge < -0.3 is 10.1 Å². The molecule has 0 saturated carbocycles. The predicted octanol–water partition coefficient (Wildman–Crippen LogP) is 5.58. The first-order valence-corrected chi connectivity index (χ1v) is 11.1. The number of ether oxygens (including phenoxy) is 1. The van der Waals surface area contributed by atoms with E-state index < -0.39 is 17.8 Å². The second-order valence-corrected chi connectivity index (χ2v) is 8.65. The van der Waals surface area contributed by atoms with Crippen LogP contribution in [0.15, 0.2) is 71.4 Å². The van der Waals surface area contributed by atoms with Crippen LogP contribution in [0.1, 0.15) is 32.6 Å². The lowest BCUT2D eigenvalue weighted by Gasteiger charge is -2.15. The lowest BCUT2D eigenvalue weighted by Crippen LogP contribution is -2.32. The van der Waals surface area contributed by atoms with Gasteiger partial charge in [0.05, 0.1) is 11.3 Å². The number of aryl methyl sites for hydroxylation is 3. The number of anilines is 2. The Morgan fingerprint density at radius 2 is 1.59 bits per heavy atom. The molecular weight excluding hydrogens is 452 g/mol. The number of halogens is 1. The van der Waals surface area contributed by atoms with Gasteiger partial charge in [0.2, 0.25) is 0 Å². The van der Waals surface area contributed by atoms with E-state index in [2.05, 4.69) is 5.32 Å². The van der Waals surface area contributed by atoms with Crippen LogP contribution in [-0.2, 0) is 9.59 Å². The van der Waals surface area contributed by atoms with E-state index in [0.717, 1.165) is 27.2 Å². The number of nitrogens with zero attached hydrogens (tertiary/aromatic N) is 1. The van der Waals surface area contributed by atoms with Crippen molar-refractivity contribution in [1.29, 1.82) is 0 Å². The summed E-state index contributed by atoms with van der Waals surface area (Å²) < 4.78 is 5.59. The number of esters is 1. The number of nitrogens with one attached hydrogen (secondary N) is 1. The molecule has 6 nitrogen and oxygen atoms in total. The largest absolute Gasteiger partial charge is 0.423 e. The standard InChI is InChI=1S/C27H23ClN2O4/c1-15-6-5-7-21(13-15)30-25(31)23(28)24(26(30)32)29-20-10-8-19(9-11-20)27(33)34-22-14-16(2)12-17(3)18(22)4/h5-14,29H,1-4H3. The molecule has 0 unspecified atom stereocenters. The Labute approximate surface area is 202 Å². The molecule has 0 fully saturated rings. The molecule has 1 aliphatic rings. The van der Waals surface area contributed by atoms with Crippen molar-refractivity contribution < 1.29 is 19.1 Å². The minimum atomic E-state index is -0.594. The highest BCUT2D eigenvalue weighted by Crippen LogP contribution is 2.31. The molecule has 0 saturated heterocycles. The van der Waals surface area contributed by atoms with Gasteiger partial charge in [-0.2, -0.15) is 0 Å². The minimum absolute atomic E-state index is 0.0191. The molecule has 3 aromatic rings. The van der Waals surface area contributed by atoms with Crippen LogP contribution in [0.2, 0.25) is 0 Å². The van der Waals surface area contributed by atoms with Crippen LogP contribution in [0.4, 0.5) is 11.4 Å². The molecule has 0 aliphatic carbocycles. The van der Waals surface area contributed by atoms with Gasteiger partial charge in [0.1, 0.15) is 16.5 Å². The van der Waals surface area contributed by atoms with Gasteiger partial charge in [-0.25, -0.2) is 9.69 Å². The van der Waals surface area contributed by atoms with E-state index in [1.165, 1.54) is 0 Å². The van der Waals surface area contributed by atoms with Crippen LogP contribution in [0.3, 0.4) is 0 Å². The Hall–Kier alpha value is -3.90. The number of benzene rings is 3. The van der Waals surface area contributed by atoms with E-state index in [0.29, 0.717) is 22.7 Å². The van der Waals surface area contributed by atoms with Crippen LogP contribution in [0.5, 0.6) is 5.75 Å². The number of carbonyl (C=O) groups is 3. The van der Waals surface area contributed by atoms with E-state index in [1.54, 1.807) is 42.5 Å². The van der Waals surface area contributed by atoms with Gasteiger partial charge in [-0.15, -0.1) is 0 Å². The minimum Gasteiger partial charge on any atom is -0.423 e. The molecule has 0 bridgehead atoms. The van der Waals surface area contributed by atoms with Gasteiger partial charge in [-0.3, -0.25) is 9.59 Å². The monoisotopic (exact) mass is 474 g/mol. The van der Waals surface area contributed by atoms with Crippen LogP contribution >= 0.6 is 11.6 Å². The summed E-state index contributed by atoms with van der Waals surface area (Å²) in [4.78, 5) is 39.2. The molecule has 7 heteroatoms. The highest BCUT2D eigenvalue weighted by atomic mass is 35.5. The van der Waals surface area contributed by atoms with Gasteiger partial charge in [0.15, 0.2) is 0 Å². The Kier molecular flexibility index (Phi) is 6.26. The normalized spacial score (nSPS) is 13.5. The maximum absolute atomic E-state index is 12.9. The summed E-state index contributed by atoms with van der Waals surface area (Å²) in [5.41, 5.74) is 5.14. The fourth-order valence-corrected chi connectivity index (χ4v) is 3.93. The van der Waals surface area contributed by atoms with Gasteiger partial charge in [-0.05, 0) is 92.4 Å². The van der Waals surface area contributed by atoms with Gasteiger partial charge in [0, 0.05) is 5.69 Å². The average Bonchev–Trinajstić information content (AvgIpc) is 3.00. The average molecular weight is 475 g/mol. The lowest BCUT2D eigenvalue weighted by atomic mass is 10.1. The number of amides is 2. The molecule has 1 heterocycles. The van der Waals surface area contributed by atoms with Crippen molar-refractivity contribution in [2.24, 2.45) is 0 Å². The number of imide groups is 1. The highest BCUT2D eigenvalue weighted by molar-refractivity contribution is 6.53. The van der Waals surface area contributed by atoms with Crippen LogP contribution in [-0.4, -0.2) is 17.8 Å². The van der Waals surface area contributed by atoms with Crippen LogP contribution < -0.4 is 15.0 Å². The van der Waals surface area contributed by atoms with E-state index >= 15 is 0 Å². The van der Waals surface area contributed by atoms with E-state index in [1.807, 2.05) is 45.9 Å². The fraction of sp³-hybridized carbons (Fsp3) is 0.148. The summed E-state index contributed by atoms with van der Waals surface area (Å²) in [5, 5.41) is 2.71. The number of rotatable bonds is 5. The molecular formula is C27H23ClN2O4. The summed E-state index contributed by atoms with van der Waals surface area (Å²) in [5.74, 6) is -1.11. The molecule has 4 rings (SSSR count). The summed E-state index contributed by atoms with van der Waals surface area (Å²) in [6.07, 6.45) is 0. The summed E-state index contributed by atoms with van der Waals surface area (Å²) in [6.45, 7) is 7.69. The van der Waals surface area contributed by atoms with Crippen molar-refractivity contribution in [3.05, 3.63) is 99.2 Å². The zero-order valence-corrected chi connectivity index (χ0v) is 20.0. The Morgan fingerprint density at radius 3 is 2.26 bits per heavy atom. The Bertz CT molecular complexity index is 1360. The van der Waals surface area contributed by atoms with Gasteiger partial charge >= 0.3 is 5.97 Å². The molecule has 3 aromatic carbocycles. The van der Waals surface area contributed by atoms with Gasteiger partial charge in [0.25, 0.3) is 11.8 Å². The zero-order chi connectivity index (χ0) is 24.6. The van der Waals surface area contributed by atoms with Crippen molar-refractivity contribution in [3.8, 4) is 5.75 Å². The molecule has 2 amide bonds. The number of hydrogen-bond acceptors (Lipinski definition) is 5. The van der Waals surface area contributed by atoms with Crippen molar-refractivity contribution in [2.75, 3.05) is 10.2 Å². The summed E-state index contributed by atoms with van der Waals surface area (Å²) >= 11 is 6.20. The van der Waals surface area contributed by atoms with E-state index in [-0.39, 0.29) is 10.7 Å².